The lowest BCUT2D eigenvalue weighted by atomic mass is 10.3. The van der Waals surface area contributed by atoms with Crippen molar-refractivity contribution in [2.75, 3.05) is 43.4 Å². The van der Waals surface area contributed by atoms with E-state index in [0.717, 1.165) is 4.88 Å². The number of sulfone groups is 1. The van der Waals surface area contributed by atoms with Crippen LogP contribution in [0.5, 0.6) is 0 Å². The Bertz CT molecular complexity index is 766. The van der Waals surface area contributed by atoms with Gasteiger partial charge in [-0.05, 0) is 6.42 Å². The maximum atomic E-state index is 12.6. The summed E-state index contributed by atoms with van der Waals surface area (Å²) in [6, 6.07) is 0. The van der Waals surface area contributed by atoms with E-state index in [-0.39, 0.29) is 17.9 Å². The molecule has 3 heterocycles. The highest BCUT2D eigenvalue weighted by molar-refractivity contribution is 7.95. The van der Waals surface area contributed by atoms with E-state index >= 15 is 0 Å². The Balaban J connectivity index is 1.58. The first kappa shape index (κ1) is 17.1. The van der Waals surface area contributed by atoms with Crippen molar-refractivity contribution in [3.8, 4) is 0 Å². The summed E-state index contributed by atoms with van der Waals surface area (Å²) in [6.07, 6.45) is 1.96. The molecule has 1 atom stereocenters. The Hall–Kier alpha value is -0.750. The number of anilines is 1. The van der Waals surface area contributed by atoms with Crippen molar-refractivity contribution in [3.05, 3.63) is 11.1 Å². The molecule has 1 aromatic heterocycles. The van der Waals surface area contributed by atoms with E-state index < -0.39 is 25.1 Å². The minimum atomic E-state index is -3.53. The predicted molar refractivity (Wildman–Crippen MR) is 89.4 cm³/mol. The van der Waals surface area contributed by atoms with Crippen molar-refractivity contribution in [1.29, 1.82) is 0 Å². The van der Waals surface area contributed by atoms with Gasteiger partial charge in [-0.25, -0.2) is 21.8 Å². The minimum absolute atomic E-state index is 0.0241. The SMILES string of the molecule is Nc1ncc(CN2CCN(S(=O)(=O)C3CCS(=O)(=O)C3)CC2)s1. The average molecular weight is 381 g/mol. The van der Waals surface area contributed by atoms with Crippen molar-refractivity contribution >= 4 is 36.3 Å². The van der Waals surface area contributed by atoms with Gasteiger partial charge in [0.15, 0.2) is 15.0 Å². The third-order valence-electron chi connectivity index (χ3n) is 4.25. The van der Waals surface area contributed by atoms with E-state index in [0.29, 0.717) is 37.9 Å². The van der Waals surface area contributed by atoms with Crippen molar-refractivity contribution in [2.45, 2.75) is 18.2 Å². The smallest absolute Gasteiger partial charge is 0.218 e. The molecule has 0 spiro atoms. The molecule has 130 valence electrons. The Labute approximate surface area is 140 Å². The van der Waals surface area contributed by atoms with Crippen LogP contribution in [0.25, 0.3) is 0 Å². The summed E-state index contributed by atoms with van der Waals surface area (Å²) in [5.74, 6) is -0.265. The molecule has 0 amide bonds. The number of hydrogen-bond donors (Lipinski definition) is 1. The number of piperazine rings is 1. The average Bonchev–Trinajstić information content (AvgIpc) is 3.05. The molecule has 1 unspecified atom stereocenters. The van der Waals surface area contributed by atoms with E-state index in [2.05, 4.69) is 9.88 Å². The minimum Gasteiger partial charge on any atom is -0.375 e. The highest BCUT2D eigenvalue weighted by Crippen LogP contribution is 2.24. The van der Waals surface area contributed by atoms with Crippen molar-refractivity contribution in [1.82, 2.24) is 14.2 Å². The van der Waals surface area contributed by atoms with Crippen LogP contribution in [0.4, 0.5) is 5.13 Å². The zero-order valence-electron chi connectivity index (χ0n) is 12.6. The van der Waals surface area contributed by atoms with Crippen LogP contribution in [0.15, 0.2) is 6.20 Å². The lowest BCUT2D eigenvalue weighted by Crippen LogP contribution is -2.50. The molecule has 2 aliphatic rings. The molecule has 0 aliphatic carbocycles. The fourth-order valence-corrected chi connectivity index (χ4v) is 8.20. The summed E-state index contributed by atoms with van der Waals surface area (Å²) in [4.78, 5) is 7.22. The fraction of sp³-hybridized carbons (Fsp3) is 0.750. The van der Waals surface area contributed by atoms with Crippen LogP contribution in [0.3, 0.4) is 0 Å². The quantitative estimate of drug-likeness (QED) is 0.739. The van der Waals surface area contributed by atoms with Crippen molar-refractivity contribution < 1.29 is 16.8 Å². The van der Waals surface area contributed by atoms with Crippen LogP contribution in [0, 0.1) is 0 Å². The zero-order valence-corrected chi connectivity index (χ0v) is 15.0. The summed E-state index contributed by atoms with van der Waals surface area (Å²) >= 11 is 1.43. The van der Waals surface area contributed by atoms with Gasteiger partial charge >= 0.3 is 0 Å². The van der Waals surface area contributed by atoms with Crippen molar-refractivity contribution in [2.24, 2.45) is 0 Å². The van der Waals surface area contributed by atoms with Gasteiger partial charge in [-0.3, -0.25) is 4.90 Å². The molecule has 1 aromatic rings. The number of hydrogen-bond acceptors (Lipinski definition) is 8. The predicted octanol–water partition coefficient (Wildman–Crippen LogP) is -0.640. The van der Waals surface area contributed by atoms with E-state index in [4.69, 9.17) is 5.73 Å². The number of nitrogen functional groups attached to an aromatic ring is 1. The molecular formula is C12H20N4O4S3. The molecule has 0 saturated carbocycles. The number of aromatic nitrogens is 1. The molecule has 3 rings (SSSR count). The Kier molecular flexibility index (Phi) is 4.67. The molecule has 2 N–H and O–H groups in total. The van der Waals surface area contributed by atoms with Crippen LogP contribution in [-0.4, -0.2) is 74.0 Å². The van der Waals surface area contributed by atoms with Gasteiger partial charge in [0.25, 0.3) is 0 Å². The molecule has 0 aromatic carbocycles. The molecule has 0 bridgehead atoms. The van der Waals surface area contributed by atoms with Gasteiger partial charge in [0.05, 0.1) is 16.8 Å². The standard InChI is InChI=1S/C12H20N4O4S3/c13-12-14-7-10(21-12)8-15-2-4-16(5-3-15)23(19,20)11-1-6-22(17,18)9-11/h7,11H,1-6,8-9H2,(H2,13,14). The van der Waals surface area contributed by atoms with Gasteiger partial charge in [-0.1, -0.05) is 0 Å². The van der Waals surface area contributed by atoms with Gasteiger partial charge in [0, 0.05) is 43.8 Å². The summed E-state index contributed by atoms with van der Waals surface area (Å²) in [7, 11) is -6.73. The summed E-state index contributed by atoms with van der Waals surface area (Å²) in [5.41, 5.74) is 5.61. The van der Waals surface area contributed by atoms with Gasteiger partial charge in [0.2, 0.25) is 10.0 Å². The van der Waals surface area contributed by atoms with E-state index in [1.54, 1.807) is 6.20 Å². The summed E-state index contributed by atoms with van der Waals surface area (Å²) < 4.78 is 49.6. The number of sulfonamides is 1. The first-order valence-electron chi connectivity index (χ1n) is 7.38. The molecule has 2 aliphatic heterocycles. The molecule has 23 heavy (non-hydrogen) atoms. The normalized spacial score (nSPS) is 26.5. The molecule has 8 nitrogen and oxygen atoms in total. The maximum Gasteiger partial charge on any atom is 0.218 e. The largest absolute Gasteiger partial charge is 0.375 e. The topological polar surface area (TPSA) is 114 Å². The van der Waals surface area contributed by atoms with Crippen molar-refractivity contribution in [3.63, 3.8) is 0 Å². The van der Waals surface area contributed by atoms with E-state index in [1.165, 1.54) is 15.6 Å². The van der Waals surface area contributed by atoms with Crippen LogP contribution < -0.4 is 5.73 Å². The number of rotatable bonds is 4. The molecule has 11 heteroatoms. The van der Waals surface area contributed by atoms with Gasteiger partial charge in [-0.15, -0.1) is 11.3 Å². The second-order valence-electron chi connectivity index (χ2n) is 5.91. The Morgan fingerprint density at radius 2 is 2.00 bits per heavy atom. The third kappa shape index (κ3) is 3.85. The maximum absolute atomic E-state index is 12.6. The Morgan fingerprint density at radius 1 is 1.30 bits per heavy atom. The number of thiazole rings is 1. The first-order valence-corrected chi connectivity index (χ1v) is 11.5. The number of nitrogens with zero attached hydrogens (tertiary/aromatic N) is 3. The second-order valence-corrected chi connectivity index (χ2v) is 11.5. The van der Waals surface area contributed by atoms with E-state index in [1.807, 2.05) is 0 Å². The highest BCUT2D eigenvalue weighted by Gasteiger charge is 2.41. The van der Waals surface area contributed by atoms with Crippen LogP contribution in [0.2, 0.25) is 0 Å². The monoisotopic (exact) mass is 380 g/mol. The molecule has 2 saturated heterocycles. The molecule has 0 radical (unpaired) electrons. The lowest BCUT2D eigenvalue weighted by molar-refractivity contribution is 0.182. The van der Waals surface area contributed by atoms with Crippen LogP contribution >= 0.6 is 11.3 Å². The van der Waals surface area contributed by atoms with E-state index in [9.17, 15) is 16.8 Å². The molecule has 2 fully saturated rings. The highest BCUT2D eigenvalue weighted by atomic mass is 32.2. The summed E-state index contributed by atoms with van der Waals surface area (Å²) in [6.45, 7) is 2.74. The first-order chi connectivity index (χ1) is 10.8. The zero-order chi connectivity index (χ0) is 16.7. The van der Waals surface area contributed by atoms with Gasteiger partial charge < -0.3 is 5.73 Å². The van der Waals surface area contributed by atoms with Crippen LogP contribution in [-0.2, 0) is 26.4 Å². The van der Waals surface area contributed by atoms with Gasteiger partial charge in [0.1, 0.15) is 0 Å². The Morgan fingerprint density at radius 3 is 2.52 bits per heavy atom. The lowest BCUT2D eigenvalue weighted by Gasteiger charge is -2.34. The number of nitrogens with two attached hydrogens (primary N) is 1. The fourth-order valence-electron chi connectivity index (χ4n) is 2.96. The molecular weight excluding hydrogens is 360 g/mol. The van der Waals surface area contributed by atoms with Crippen LogP contribution in [0.1, 0.15) is 11.3 Å². The van der Waals surface area contributed by atoms with Gasteiger partial charge in [-0.2, -0.15) is 4.31 Å². The summed E-state index contributed by atoms with van der Waals surface area (Å²) in [5, 5.41) is -0.246. The third-order valence-corrected chi connectivity index (χ3v) is 9.37. The second kappa shape index (κ2) is 6.28.